The van der Waals surface area contributed by atoms with E-state index >= 15 is 0 Å². The van der Waals surface area contributed by atoms with Crippen LogP contribution in [-0.2, 0) is 9.53 Å². The maximum atomic E-state index is 12.3. The van der Waals surface area contributed by atoms with Crippen LogP contribution in [0, 0.1) is 5.92 Å². The highest BCUT2D eigenvalue weighted by Gasteiger charge is 2.26. The maximum Gasteiger partial charge on any atom is 0.408 e. The van der Waals surface area contributed by atoms with E-state index in [-0.39, 0.29) is 11.8 Å². The van der Waals surface area contributed by atoms with Gasteiger partial charge < -0.3 is 24.8 Å². The second-order valence-corrected chi connectivity index (χ2v) is 7.18. The Balaban J connectivity index is 2.43. The molecule has 0 bridgehead atoms. The van der Waals surface area contributed by atoms with E-state index in [4.69, 9.17) is 14.2 Å². The number of hydrogen-bond donors (Lipinski definition) is 2. The summed E-state index contributed by atoms with van der Waals surface area (Å²) in [6.07, 6.45) is -0.610. The molecule has 1 aromatic carbocycles. The normalized spacial score (nSPS) is 12.3. The van der Waals surface area contributed by atoms with Crippen molar-refractivity contribution in [3.05, 3.63) is 24.3 Å². The van der Waals surface area contributed by atoms with Gasteiger partial charge in [0.1, 0.15) is 29.7 Å². The number of nitrogens with one attached hydrogen (secondary N) is 2. The second kappa shape index (κ2) is 9.89. The van der Waals surface area contributed by atoms with Crippen LogP contribution in [0.15, 0.2) is 24.3 Å². The molecule has 2 amide bonds. The molecule has 0 saturated carbocycles. The van der Waals surface area contributed by atoms with Gasteiger partial charge in [-0.3, -0.25) is 4.79 Å². The van der Waals surface area contributed by atoms with Crippen LogP contribution in [0.4, 0.5) is 4.79 Å². The van der Waals surface area contributed by atoms with E-state index < -0.39 is 17.7 Å². The van der Waals surface area contributed by atoms with E-state index in [1.165, 1.54) is 0 Å². The number of hydrogen-bond acceptors (Lipinski definition) is 5. The first-order valence-electron chi connectivity index (χ1n) is 8.66. The molecule has 0 aliphatic rings. The molecule has 7 heteroatoms. The Kier molecular flexibility index (Phi) is 8.22. The topological polar surface area (TPSA) is 85.9 Å². The van der Waals surface area contributed by atoms with Crippen LogP contribution in [0.2, 0.25) is 0 Å². The Bertz CT molecular complexity index is 579. The molecular formula is C19H30N2O5. The summed E-state index contributed by atoms with van der Waals surface area (Å²) in [5, 5.41) is 5.38. The van der Waals surface area contributed by atoms with Crippen molar-refractivity contribution in [1.29, 1.82) is 0 Å². The zero-order chi connectivity index (χ0) is 19.7. The van der Waals surface area contributed by atoms with Gasteiger partial charge >= 0.3 is 6.09 Å². The van der Waals surface area contributed by atoms with Crippen molar-refractivity contribution >= 4 is 12.0 Å². The van der Waals surface area contributed by atoms with Gasteiger partial charge in [0.05, 0.1) is 13.7 Å². The lowest BCUT2D eigenvalue weighted by Crippen LogP contribution is -2.51. The average molecular weight is 366 g/mol. The van der Waals surface area contributed by atoms with Crippen molar-refractivity contribution in [3.63, 3.8) is 0 Å². The summed E-state index contributed by atoms with van der Waals surface area (Å²) in [5.41, 5.74) is -0.617. The minimum atomic E-state index is -0.675. The summed E-state index contributed by atoms with van der Waals surface area (Å²) in [4.78, 5) is 24.2. The van der Waals surface area contributed by atoms with Crippen LogP contribution < -0.4 is 20.1 Å². The highest BCUT2D eigenvalue weighted by molar-refractivity contribution is 5.85. The van der Waals surface area contributed by atoms with Crippen molar-refractivity contribution in [2.24, 2.45) is 5.92 Å². The van der Waals surface area contributed by atoms with Crippen LogP contribution in [0.5, 0.6) is 11.5 Å². The van der Waals surface area contributed by atoms with Crippen molar-refractivity contribution < 1.29 is 23.8 Å². The van der Waals surface area contributed by atoms with Crippen LogP contribution >= 0.6 is 0 Å². The summed E-state index contributed by atoms with van der Waals surface area (Å²) in [7, 11) is 1.60. The predicted octanol–water partition coefficient (Wildman–Crippen LogP) is 2.74. The van der Waals surface area contributed by atoms with Crippen molar-refractivity contribution in [1.82, 2.24) is 10.6 Å². The number of methoxy groups -OCH3 is 1. The van der Waals surface area contributed by atoms with Crippen molar-refractivity contribution in [2.45, 2.75) is 46.3 Å². The molecular weight excluding hydrogens is 336 g/mol. The Morgan fingerprint density at radius 3 is 2.15 bits per heavy atom. The van der Waals surface area contributed by atoms with E-state index in [1.54, 1.807) is 52.1 Å². The first kappa shape index (κ1) is 21.6. The monoisotopic (exact) mass is 366 g/mol. The number of ether oxygens (including phenoxy) is 3. The molecule has 0 aromatic heterocycles. The highest BCUT2D eigenvalue weighted by atomic mass is 16.6. The molecule has 1 unspecified atom stereocenters. The largest absolute Gasteiger partial charge is 0.497 e. The molecule has 0 heterocycles. The molecule has 7 nitrogen and oxygen atoms in total. The fraction of sp³-hybridized carbons (Fsp3) is 0.579. The van der Waals surface area contributed by atoms with E-state index in [1.807, 2.05) is 13.8 Å². The van der Waals surface area contributed by atoms with Gasteiger partial charge in [0, 0.05) is 0 Å². The van der Waals surface area contributed by atoms with E-state index in [0.29, 0.717) is 18.9 Å². The fourth-order valence-electron chi connectivity index (χ4n) is 2.09. The number of alkyl carbamates (subject to hydrolysis) is 1. The minimum Gasteiger partial charge on any atom is -0.497 e. The Morgan fingerprint density at radius 1 is 1.08 bits per heavy atom. The number of carbonyl (C=O) groups excluding carboxylic acids is 2. The van der Waals surface area contributed by atoms with Crippen molar-refractivity contribution in [3.8, 4) is 11.5 Å². The quantitative estimate of drug-likeness (QED) is 0.691. The molecule has 2 N–H and O–H groups in total. The average Bonchev–Trinajstić information content (AvgIpc) is 2.55. The van der Waals surface area contributed by atoms with Gasteiger partial charge in [-0.05, 0) is 51.0 Å². The minimum absolute atomic E-state index is 0.0787. The number of carbonyl (C=O) groups is 2. The summed E-state index contributed by atoms with van der Waals surface area (Å²) >= 11 is 0. The lowest BCUT2D eigenvalue weighted by Gasteiger charge is -2.25. The van der Waals surface area contributed by atoms with Gasteiger partial charge in [-0.25, -0.2) is 4.79 Å². The molecule has 1 aromatic rings. The third-order valence-corrected chi connectivity index (χ3v) is 3.35. The molecule has 0 fully saturated rings. The van der Waals surface area contributed by atoms with E-state index in [2.05, 4.69) is 10.6 Å². The smallest absolute Gasteiger partial charge is 0.408 e. The lowest BCUT2D eigenvalue weighted by molar-refractivity contribution is -0.124. The summed E-state index contributed by atoms with van der Waals surface area (Å²) < 4.78 is 15.8. The molecule has 0 aliphatic heterocycles. The summed E-state index contributed by atoms with van der Waals surface area (Å²) in [5.74, 6) is 1.08. The van der Waals surface area contributed by atoms with Crippen LogP contribution in [0.1, 0.15) is 34.6 Å². The van der Waals surface area contributed by atoms with Crippen LogP contribution in [0.25, 0.3) is 0 Å². The lowest BCUT2D eigenvalue weighted by atomic mass is 10.0. The van der Waals surface area contributed by atoms with Crippen LogP contribution in [0.3, 0.4) is 0 Å². The molecule has 1 atom stereocenters. The van der Waals surface area contributed by atoms with Gasteiger partial charge in [-0.2, -0.15) is 0 Å². The molecule has 0 saturated heterocycles. The molecule has 0 radical (unpaired) electrons. The SMILES string of the molecule is COc1ccc(OCCNC(=O)C(NC(=O)OC(C)(C)C)C(C)C)cc1. The second-order valence-electron chi connectivity index (χ2n) is 7.18. The first-order valence-corrected chi connectivity index (χ1v) is 8.66. The number of amides is 2. The van der Waals surface area contributed by atoms with Gasteiger partial charge in [0.15, 0.2) is 0 Å². The zero-order valence-corrected chi connectivity index (χ0v) is 16.4. The zero-order valence-electron chi connectivity index (χ0n) is 16.4. The molecule has 26 heavy (non-hydrogen) atoms. The Morgan fingerprint density at radius 2 is 1.65 bits per heavy atom. The summed E-state index contributed by atoms with van der Waals surface area (Å²) in [6, 6.07) is 6.51. The fourth-order valence-corrected chi connectivity index (χ4v) is 2.09. The summed E-state index contributed by atoms with van der Waals surface area (Å²) in [6.45, 7) is 9.67. The molecule has 0 aliphatic carbocycles. The van der Waals surface area contributed by atoms with Gasteiger partial charge in [-0.15, -0.1) is 0 Å². The molecule has 0 spiro atoms. The van der Waals surface area contributed by atoms with Crippen LogP contribution in [-0.4, -0.2) is 43.9 Å². The van der Waals surface area contributed by atoms with Gasteiger partial charge in [-0.1, -0.05) is 13.8 Å². The third kappa shape index (κ3) is 8.09. The predicted molar refractivity (Wildman–Crippen MR) is 99.5 cm³/mol. The number of benzene rings is 1. The molecule has 1 rings (SSSR count). The maximum absolute atomic E-state index is 12.3. The third-order valence-electron chi connectivity index (χ3n) is 3.35. The van der Waals surface area contributed by atoms with E-state index in [0.717, 1.165) is 5.75 Å². The van der Waals surface area contributed by atoms with Gasteiger partial charge in [0.25, 0.3) is 0 Å². The van der Waals surface area contributed by atoms with Crippen molar-refractivity contribution in [2.75, 3.05) is 20.3 Å². The standard InChI is InChI=1S/C19H30N2O5/c1-13(2)16(21-18(23)26-19(3,4)5)17(22)20-11-12-25-15-9-7-14(24-6)8-10-15/h7-10,13,16H,11-12H2,1-6H3,(H,20,22)(H,21,23). The number of rotatable bonds is 8. The Hall–Kier alpha value is -2.44. The van der Waals surface area contributed by atoms with Gasteiger partial charge in [0.2, 0.25) is 5.91 Å². The highest BCUT2D eigenvalue weighted by Crippen LogP contribution is 2.16. The molecule has 146 valence electrons. The first-order chi connectivity index (χ1) is 12.1. The Labute approximate surface area is 155 Å². The van der Waals surface area contributed by atoms with E-state index in [9.17, 15) is 9.59 Å².